The van der Waals surface area contributed by atoms with E-state index in [1.54, 1.807) is 4.90 Å². The molecule has 0 radical (unpaired) electrons. The lowest BCUT2D eigenvalue weighted by Crippen LogP contribution is -2.52. The smallest absolute Gasteiger partial charge is 0.341 e. The molecule has 0 aromatic heterocycles. The number of nitrogens with one attached hydrogen (secondary N) is 1. The number of piperidine rings is 1. The molecule has 1 spiro atoms. The van der Waals surface area contributed by atoms with Gasteiger partial charge in [-0.05, 0) is 68.1 Å². The first-order valence-electron chi connectivity index (χ1n) is 11.8. The van der Waals surface area contributed by atoms with E-state index in [2.05, 4.69) is 10.2 Å². The summed E-state index contributed by atoms with van der Waals surface area (Å²) in [4.78, 5) is 29.4. The fraction of sp³-hybridized carbons (Fsp3) is 0.462. The number of rotatable bonds is 4. The van der Waals surface area contributed by atoms with E-state index in [4.69, 9.17) is 0 Å². The number of hydrogen-bond donors (Lipinski definition) is 1. The minimum Gasteiger partial charge on any atom is -0.341 e. The van der Waals surface area contributed by atoms with E-state index in [1.807, 2.05) is 19.2 Å². The van der Waals surface area contributed by atoms with Crippen LogP contribution in [0.25, 0.3) is 0 Å². The second-order valence-corrected chi connectivity index (χ2v) is 9.88. The van der Waals surface area contributed by atoms with Gasteiger partial charge in [-0.3, -0.25) is 9.59 Å². The average Bonchev–Trinajstić information content (AvgIpc) is 3.14. The molecule has 2 fully saturated rings. The summed E-state index contributed by atoms with van der Waals surface area (Å²) in [5.41, 5.74) is -0.925. The largest absolute Gasteiger partial charge is 0.416 e. The molecule has 1 N–H and O–H groups in total. The molecule has 2 aliphatic rings. The lowest BCUT2D eigenvalue weighted by atomic mass is 9.68. The lowest BCUT2D eigenvalue weighted by Gasteiger charge is -2.43. The van der Waals surface area contributed by atoms with Gasteiger partial charge in [0.25, 0.3) is 5.91 Å². The second kappa shape index (κ2) is 9.80. The normalized spacial score (nSPS) is 21.0. The molecule has 10 heteroatoms. The fourth-order valence-corrected chi connectivity index (χ4v) is 5.54. The highest BCUT2D eigenvalue weighted by molar-refractivity contribution is 5.97. The van der Waals surface area contributed by atoms with Crippen molar-refractivity contribution in [1.82, 2.24) is 15.1 Å². The number of likely N-dealkylation sites (N-methyl/N-ethyl adjacent to an activating group) is 1. The molecule has 2 aliphatic heterocycles. The first-order valence-corrected chi connectivity index (χ1v) is 11.8. The topological polar surface area (TPSA) is 52.7 Å². The SMILES string of the molecule is C[C@@H](NC(=O)c1cc(C(F)(F)F)ccc1F)C(=O)N1CCC2(CC1)CN(C)CC2c1ccc(F)cc1. The predicted octanol–water partition coefficient (Wildman–Crippen LogP) is 4.44. The maximum absolute atomic E-state index is 14.1. The number of alkyl halides is 3. The molecule has 2 aromatic rings. The van der Waals surface area contributed by atoms with E-state index >= 15 is 0 Å². The lowest BCUT2D eigenvalue weighted by molar-refractivity contribution is -0.137. The highest BCUT2D eigenvalue weighted by Gasteiger charge is 2.48. The Balaban J connectivity index is 1.41. The van der Waals surface area contributed by atoms with E-state index in [-0.39, 0.29) is 23.1 Å². The average molecular weight is 510 g/mol. The maximum Gasteiger partial charge on any atom is 0.416 e. The molecule has 36 heavy (non-hydrogen) atoms. The molecule has 0 saturated carbocycles. The minimum absolute atomic E-state index is 0.0724. The van der Waals surface area contributed by atoms with E-state index in [0.29, 0.717) is 44.1 Å². The summed E-state index contributed by atoms with van der Waals surface area (Å²) in [5, 5.41) is 2.34. The highest BCUT2D eigenvalue weighted by atomic mass is 19.4. The van der Waals surface area contributed by atoms with Crippen LogP contribution in [0.2, 0.25) is 0 Å². The Morgan fingerprint density at radius 1 is 1.06 bits per heavy atom. The van der Waals surface area contributed by atoms with Crippen LogP contribution in [0.4, 0.5) is 22.0 Å². The Morgan fingerprint density at radius 3 is 2.31 bits per heavy atom. The van der Waals surface area contributed by atoms with Gasteiger partial charge in [-0.15, -0.1) is 0 Å². The predicted molar refractivity (Wildman–Crippen MR) is 123 cm³/mol. The quantitative estimate of drug-likeness (QED) is 0.621. The van der Waals surface area contributed by atoms with Gasteiger partial charge >= 0.3 is 6.18 Å². The summed E-state index contributed by atoms with van der Waals surface area (Å²) >= 11 is 0. The van der Waals surface area contributed by atoms with E-state index in [0.717, 1.165) is 18.7 Å². The van der Waals surface area contributed by atoms with Crippen LogP contribution in [0.1, 0.15) is 47.2 Å². The van der Waals surface area contributed by atoms with Crippen molar-refractivity contribution in [3.8, 4) is 0 Å². The Kier molecular flexibility index (Phi) is 7.10. The highest BCUT2D eigenvalue weighted by Crippen LogP contribution is 2.49. The van der Waals surface area contributed by atoms with Crippen molar-refractivity contribution in [2.75, 3.05) is 33.2 Å². The molecular formula is C26H28F5N3O2. The van der Waals surface area contributed by atoms with Crippen LogP contribution in [0.15, 0.2) is 42.5 Å². The molecule has 194 valence electrons. The Labute approximate surface area is 206 Å². The van der Waals surface area contributed by atoms with Gasteiger partial charge in [-0.25, -0.2) is 8.78 Å². The van der Waals surface area contributed by atoms with Gasteiger partial charge in [0.2, 0.25) is 5.91 Å². The third-order valence-electron chi connectivity index (χ3n) is 7.42. The van der Waals surface area contributed by atoms with Crippen LogP contribution in [0.3, 0.4) is 0 Å². The number of halogens is 5. The number of carbonyl (C=O) groups excluding carboxylic acids is 2. The van der Waals surface area contributed by atoms with Crippen LogP contribution in [0.5, 0.6) is 0 Å². The summed E-state index contributed by atoms with van der Waals surface area (Å²) in [6.07, 6.45) is -3.30. The molecule has 0 aliphatic carbocycles. The fourth-order valence-electron chi connectivity index (χ4n) is 5.54. The van der Waals surface area contributed by atoms with E-state index < -0.39 is 35.1 Å². The molecule has 2 atom stereocenters. The number of nitrogens with zero attached hydrogens (tertiary/aromatic N) is 2. The molecule has 4 rings (SSSR count). The molecule has 2 amide bonds. The zero-order valence-corrected chi connectivity index (χ0v) is 20.0. The number of hydrogen-bond acceptors (Lipinski definition) is 3. The third kappa shape index (κ3) is 5.23. The standard InChI is InChI=1S/C26H28F5N3O2/c1-16(32-23(35)20-13-18(26(29,30)31)5-8-22(20)28)24(36)34-11-9-25(10-12-34)15-33(2)14-21(25)17-3-6-19(27)7-4-17/h3-8,13,16,21H,9-12,14-15H2,1-2H3,(H,32,35)/t16-,21?/m1/s1. The maximum atomic E-state index is 14.1. The van der Waals surface area contributed by atoms with Crippen molar-refractivity contribution in [1.29, 1.82) is 0 Å². The molecule has 2 heterocycles. The third-order valence-corrected chi connectivity index (χ3v) is 7.42. The van der Waals surface area contributed by atoms with Gasteiger partial charge in [0, 0.05) is 32.1 Å². The van der Waals surface area contributed by atoms with Crippen molar-refractivity contribution < 1.29 is 31.5 Å². The summed E-state index contributed by atoms with van der Waals surface area (Å²) in [6.45, 7) is 4.00. The van der Waals surface area contributed by atoms with Crippen molar-refractivity contribution in [3.05, 3.63) is 70.8 Å². The van der Waals surface area contributed by atoms with Crippen LogP contribution in [0, 0.1) is 17.0 Å². The minimum atomic E-state index is -4.73. The van der Waals surface area contributed by atoms with Gasteiger partial charge in [-0.2, -0.15) is 13.2 Å². The van der Waals surface area contributed by atoms with Crippen LogP contribution < -0.4 is 5.32 Å². The zero-order chi connectivity index (χ0) is 26.3. The van der Waals surface area contributed by atoms with Crippen molar-refractivity contribution in [2.24, 2.45) is 5.41 Å². The Morgan fingerprint density at radius 2 is 1.69 bits per heavy atom. The summed E-state index contributed by atoms with van der Waals surface area (Å²) < 4.78 is 66.4. The molecular weight excluding hydrogens is 481 g/mol. The Bertz CT molecular complexity index is 1130. The van der Waals surface area contributed by atoms with E-state index in [1.165, 1.54) is 19.1 Å². The summed E-state index contributed by atoms with van der Waals surface area (Å²) in [6, 6.07) is 7.08. The van der Waals surface area contributed by atoms with Gasteiger partial charge in [-0.1, -0.05) is 12.1 Å². The first-order chi connectivity index (χ1) is 16.9. The number of benzene rings is 2. The zero-order valence-electron chi connectivity index (χ0n) is 20.0. The van der Waals surface area contributed by atoms with Crippen molar-refractivity contribution in [2.45, 2.75) is 37.9 Å². The van der Waals surface area contributed by atoms with Crippen LogP contribution in [-0.2, 0) is 11.0 Å². The van der Waals surface area contributed by atoms with Gasteiger partial charge in [0.05, 0.1) is 11.1 Å². The number of likely N-dealkylation sites (tertiary alicyclic amines) is 2. The molecule has 1 unspecified atom stereocenters. The van der Waals surface area contributed by atoms with Crippen molar-refractivity contribution >= 4 is 11.8 Å². The second-order valence-electron chi connectivity index (χ2n) is 9.88. The first kappa shape index (κ1) is 26.1. The Hall–Kier alpha value is -3.01. The van der Waals surface area contributed by atoms with Crippen LogP contribution in [-0.4, -0.2) is 60.9 Å². The number of carbonyl (C=O) groups is 2. The van der Waals surface area contributed by atoms with Gasteiger partial charge in [0.15, 0.2) is 0 Å². The molecule has 5 nitrogen and oxygen atoms in total. The molecule has 2 aromatic carbocycles. The summed E-state index contributed by atoms with van der Waals surface area (Å²) in [7, 11) is 2.04. The molecule has 0 bridgehead atoms. The van der Waals surface area contributed by atoms with Gasteiger partial charge < -0.3 is 15.1 Å². The number of amides is 2. The monoisotopic (exact) mass is 509 g/mol. The van der Waals surface area contributed by atoms with Crippen molar-refractivity contribution in [3.63, 3.8) is 0 Å². The van der Waals surface area contributed by atoms with Crippen LogP contribution >= 0.6 is 0 Å². The molecule has 2 saturated heterocycles. The summed E-state index contributed by atoms with van der Waals surface area (Å²) in [5.74, 6) is -2.66. The van der Waals surface area contributed by atoms with Gasteiger partial charge in [0.1, 0.15) is 17.7 Å². The van der Waals surface area contributed by atoms with E-state index in [9.17, 15) is 31.5 Å².